The molecule has 5 amide bonds. The van der Waals surface area contributed by atoms with Crippen molar-refractivity contribution in [3.63, 3.8) is 0 Å². The van der Waals surface area contributed by atoms with Crippen LogP contribution in [0.3, 0.4) is 0 Å². The summed E-state index contributed by atoms with van der Waals surface area (Å²) in [6.07, 6.45) is 0.495. The van der Waals surface area contributed by atoms with Crippen molar-refractivity contribution < 1.29 is 33.4 Å². The number of amides is 5. The molecule has 0 unspecified atom stereocenters. The average molecular weight is 419 g/mol. The molecule has 2 N–H and O–H groups in total. The first-order valence-corrected chi connectivity index (χ1v) is 9.32. The number of urea groups is 1. The fourth-order valence-electron chi connectivity index (χ4n) is 2.74. The zero-order valence-corrected chi connectivity index (χ0v) is 17.4. The Kier molecular flexibility index (Phi) is 7.28. The predicted molar refractivity (Wildman–Crippen MR) is 105 cm³/mol. The second-order valence-electron chi connectivity index (χ2n) is 7.70. The Morgan fingerprint density at radius 3 is 2.37 bits per heavy atom. The van der Waals surface area contributed by atoms with E-state index in [1.165, 1.54) is 25.3 Å². The van der Waals surface area contributed by atoms with Crippen LogP contribution in [0.5, 0.6) is 0 Å². The van der Waals surface area contributed by atoms with Crippen molar-refractivity contribution in [2.75, 3.05) is 26.9 Å². The monoisotopic (exact) mass is 419 g/mol. The van der Waals surface area contributed by atoms with Crippen LogP contribution in [0.4, 0.5) is 4.79 Å². The Morgan fingerprint density at radius 2 is 1.73 bits per heavy atom. The second-order valence-corrected chi connectivity index (χ2v) is 7.70. The van der Waals surface area contributed by atoms with Gasteiger partial charge in [0, 0.05) is 25.8 Å². The molecular weight excluding hydrogens is 394 g/mol. The summed E-state index contributed by atoms with van der Waals surface area (Å²) >= 11 is 0. The molecule has 1 aromatic carbocycles. The summed E-state index contributed by atoms with van der Waals surface area (Å²) in [5.74, 6) is -2.60. The fraction of sp³-hybridized carbons (Fsp3) is 0.450. The number of methoxy groups -OCH3 is 1. The molecule has 0 radical (unpaired) electrons. The average Bonchev–Trinajstić information content (AvgIpc) is 2.89. The number of carbonyl (C=O) groups is 5. The van der Waals surface area contributed by atoms with Crippen LogP contribution in [0.2, 0.25) is 0 Å². The third kappa shape index (κ3) is 5.86. The number of ether oxygens (including phenoxy) is 2. The van der Waals surface area contributed by atoms with Crippen molar-refractivity contribution in [2.24, 2.45) is 0 Å². The van der Waals surface area contributed by atoms with Crippen molar-refractivity contribution in [2.45, 2.75) is 32.7 Å². The number of benzene rings is 1. The van der Waals surface area contributed by atoms with Gasteiger partial charge in [0.15, 0.2) is 6.61 Å². The standard InChI is InChI=1S/C20H25N3O7/c1-20(2,3)22-19(28)21-15(24)11-30-18(27)12-6-7-13-14(10-12)17(26)23(16(13)25)8-5-9-29-4/h6-7,10H,5,8-9,11H2,1-4H3,(H2,21,22,24,28). The number of esters is 1. The number of rotatable bonds is 7. The molecule has 0 saturated carbocycles. The third-order valence-electron chi connectivity index (χ3n) is 4.01. The lowest BCUT2D eigenvalue weighted by Gasteiger charge is -2.20. The zero-order valence-electron chi connectivity index (χ0n) is 17.4. The molecule has 0 aliphatic carbocycles. The van der Waals surface area contributed by atoms with Crippen molar-refractivity contribution in [1.29, 1.82) is 0 Å². The molecule has 10 heteroatoms. The normalized spacial score (nSPS) is 13.1. The van der Waals surface area contributed by atoms with E-state index in [-0.39, 0.29) is 23.2 Å². The molecule has 1 aliphatic heterocycles. The number of hydrogen-bond donors (Lipinski definition) is 2. The summed E-state index contributed by atoms with van der Waals surface area (Å²) in [4.78, 5) is 61.5. The molecule has 30 heavy (non-hydrogen) atoms. The van der Waals surface area contributed by atoms with Crippen LogP contribution < -0.4 is 10.6 Å². The number of imide groups is 2. The summed E-state index contributed by atoms with van der Waals surface area (Å²) in [7, 11) is 1.53. The largest absolute Gasteiger partial charge is 0.452 e. The lowest BCUT2D eigenvalue weighted by Crippen LogP contribution is -2.49. The van der Waals surface area contributed by atoms with Gasteiger partial charge in [-0.25, -0.2) is 9.59 Å². The summed E-state index contributed by atoms with van der Waals surface area (Å²) in [6.45, 7) is 5.17. The van der Waals surface area contributed by atoms with Crippen LogP contribution in [0.15, 0.2) is 18.2 Å². The van der Waals surface area contributed by atoms with Crippen LogP contribution >= 0.6 is 0 Å². The first-order valence-electron chi connectivity index (χ1n) is 9.32. The van der Waals surface area contributed by atoms with Gasteiger partial charge in [-0.05, 0) is 45.4 Å². The van der Waals surface area contributed by atoms with E-state index in [2.05, 4.69) is 5.32 Å². The van der Waals surface area contributed by atoms with Gasteiger partial charge in [-0.2, -0.15) is 0 Å². The number of nitrogens with zero attached hydrogens (tertiary/aromatic N) is 1. The molecule has 0 atom stereocenters. The molecule has 0 aromatic heterocycles. The minimum atomic E-state index is -0.859. The van der Waals surface area contributed by atoms with Crippen LogP contribution in [-0.2, 0) is 14.3 Å². The maximum Gasteiger partial charge on any atom is 0.338 e. The first kappa shape index (κ1) is 23.0. The van der Waals surface area contributed by atoms with Gasteiger partial charge in [0.1, 0.15) is 0 Å². The number of carbonyl (C=O) groups excluding carboxylic acids is 5. The highest BCUT2D eigenvalue weighted by atomic mass is 16.5. The van der Waals surface area contributed by atoms with E-state index < -0.39 is 41.9 Å². The van der Waals surface area contributed by atoms with Gasteiger partial charge in [0.2, 0.25) is 0 Å². The molecule has 0 bridgehead atoms. The summed E-state index contributed by atoms with van der Waals surface area (Å²) in [6, 6.07) is 3.27. The van der Waals surface area contributed by atoms with Crippen molar-refractivity contribution in [3.8, 4) is 0 Å². The highest BCUT2D eigenvalue weighted by molar-refractivity contribution is 6.22. The molecule has 1 aromatic rings. The maximum absolute atomic E-state index is 12.5. The highest BCUT2D eigenvalue weighted by Gasteiger charge is 2.35. The maximum atomic E-state index is 12.5. The van der Waals surface area contributed by atoms with E-state index in [4.69, 9.17) is 9.47 Å². The molecule has 0 fully saturated rings. The van der Waals surface area contributed by atoms with Crippen LogP contribution in [0.25, 0.3) is 0 Å². The zero-order chi connectivity index (χ0) is 22.5. The molecular formula is C20H25N3O7. The number of hydrogen-bond acceptors (Lipinski definition) is 7. The number of nitrogens with one attached hydrogen (secondary N) is 2. The number of fused-ring (bicyclic) bond motifs is 1. The van der Waals surface area contributed by atoms with Crippen molar-refractivity contribution in [1.82, 2.24) is 15.5 Å². The Morgan fingerprint density at radius 1 is 1.07 bits per heavy atom. The summed E-state index contributed by atoms with van der Waals surface area (Å²) in [5, 5.41) is 4.58. The minimum absolute atomic E-state index is 0.0144. The molecule has 1 heterocycles. The molecule has 0 spiro atoms. The van der Waals surface area contributed by atoms with Crippen molar-refractivity contribution >= 4 is 29.7 Å². The smallest absolute Gasteiger partial charge is 0.338 e. The van der Waals surface area contributed by atoms with Crippen LogP contribution in [-0.4, -0.2) is 67.0 Å². The predicted octanol–water partition coefficient (Wildman–Crippen LogP) is 1.10. The van der Waals surface area contributed by atoms with E-state index in [0.717, 1.165) is 4.90 Å². The van der Waals surface area contributed by atoms with Gasteiger partial charge in [0.25, 0.3) is 17.7 Å². The van der Waals surface area contributed by atoms with Gasteiger partial charge in [-0.1, -0.05) is 0 Å². The van der Waals surface area contributed by atoms with Crippen molar-refractivity contribution in [3.05, 3.63) is 34.9 Å². The van der Waals surface area contributed by atoms with Gasteiger partial charge in [0.05, 0.1) is 16.7 Å². The van der Waals surface area contributed by atoms with E-state index in [0.29, 0.717) is 13.0 Å². The lowest BCUT2D eigenvalue weighted by atomic mass is 10.1. The molecule has 1 aliphatic rings. The SMILES string of the molecule is COCCCN1C(=O)c2ccc(C(=O)OCC(=O)NC(=O)NC(C)(C)C)cc2C1=O. The molecule has 10 nitrogen and oxygen atoms in total. The fourth-order valence-corrected chi connectivity index (χ4v) is 2.74. The third-order valence-corrected chi connectivity index (χ3v) is 4.01. The molecule has 0 saturated heterocycles. The Bertz CT molecular complexity index is 874. The highest BCUT2D eigenvalue weighted by Crippen LogP contribution is 2.24. The van der Waals surface area contributed by atoms with Crippen LogP contribution in [0, 0.1) is 0 Å². The van der Waals surface area contributed by atoms with E-state index in [1.54, 1.807) is 20.8 Å². The van der Waals surface area contributed by atoms with E-state index >= 15 is 0 Å². The molecule has 162 valence electrons. The minimum Gasteiger partial charge on any atom is -0.452 e. The van der Waals surface area contributed by atoms with E-state index in [9.17, 15) is 24.0 Å². The van der Waals surface area contributed by atoms with Gasteiger partial charge in [-0.15, -0.1) is 0 Å². The van der Waals surface area contributed by atoms with Gasteiger partial charge < -0.3 is 14.8 Å². The van der Waals surface area contributed by atoms with Gasteiger partial charge >= 0.3 is 12.0 Å². The lowest BCUT2D eigenvalue weighted by molar-refractivity contribution is -0.123. The second kappa shape index (κ2) is 9.49. The summed E-state index contributed by atoms with van der Waals surface area (Å²) in [5.41, 5.74) is -0.223. The Labute approximate surface area is 173 Å². The van der Waals surface area contributed by atoms with E-state index in [1.807, 2.05) is 5.32 Å². The van der Waals surface area contributed by atoms with Gasteiger partial charge in [-0.3, -0.25) is 24.6 Å². The Balaban J connectivity index is 1.96. The quantitative estimate of drug-likeness (QED) is 0.384. The Hall–Kier alpha value is -3.27. The van der Waals surface area contributed by atoms with Crippen LogP contribution in [0.1, 0.15) is 58.3 Å². The summed E-state index contributed by atoms with van der Waals surface area (Å²) < 4.78 is 9.82. The topological polar surface area (TPSA) is 131 Å². The first-order chi connectivity index (χ1) is 14.0. The molecule has 2 rings (SSSR count).